The van der Waals surface area contributed by atoms with Crippen molar-refractivity contribution in [2.24, 2.45) is 0 Å². The highest BCUT2D eigenvalue weighted by Gasteiger charge is 2.37. The van der Waals surface area contributed by atoms with Crippen LogP contribution in [0.2, 0.25) is 0 Å². The second-order valence-electron chi connectivity index (χ2n) is 10.1. The first-order valence-electron chi connectivity index (χ1n) is 13.6. The van der Waals surface area contributed by atoms with Gasteiger partial charge in [0.25, 0.3) is 0 Å². The lowest BCUT2D eigenvalue weighted by molar-refractivity contribution is -0.123. The molecule has 210 valence electrons. The Morgan fingerprint density at radius 2 is 1.79 bits per heavy atom. The van der Waals surface area contributed by atoms with E-state index in [2.05, 4.69) is 10.3 Å². The van der Waals surface area contributed by atoms with Crippen LogP contribution in [0.5, 0.6) is 0 Å². The summed E-state index contributed by atoms with van der Waals surface area (Å²) in [6.07, 6.45) is 3.34. The van der Waals surface area contributed by atoms with Crippen LogP contribution in [-0.4, -0.2) is 38.9 Å². The van der Waals surface area contributed by atoms with Gasteiger partial charge in [-0.15, -0.1) is 11.8 Å². The molecule has 9 heteroatoms. The summed E-state index contributed by atoms with van der Waals surface area (Å²) in [7, 11) is 0. The molecule has 0 saturated carbocycles. The van der Waals surface area contributed by atoms with Crippen molar-refractivity contribution >= 4 is 29.4 Å². The van der Waals surface area contributed by atoms with Gasteiger partial charge in [0.1, 0.15) is 18.2 Å². The maximum atomic E-state index is 14.5. The number of aromatic nitrogens is 3. The third-order valence-corrected chi connectivity index (χ3v) is 8.33. The van der Waals surface area contributed by atoms with E-state index in [1.165, 1.54) is 28.8 Å². The molecule has 1 aliphatic heterocycles. The molecule has 3 aromatic carbocycles. The Morgan fingerprint density at radius 1 is 1.00 bits per heavy atom. The molecule has 7 nitrogen and oxygen atoms in total. The van der Waals surface area contributed by atoms with Crippen molar-refractivity contribution in [3.63, 3.8) is 0 Å². The number of pyridine rings is 1. The van der Waals surface area contributed by atoms with Gasteiger partial charge in [-0.25, -0.2) is 9.07 Å². The monoisotopic (exact) mass is 577 g/mol. The zero-order valence-corrected chi connectivity index (χ0v) is 23.7. The van der Waals surface area contributed by atoms with Crippen molar-refractivity contribution in [1.29, 1.82) is 0 Å². The lowest BCUT2D eigenvalue weighted by Gasteiger charge is -2.23. The van der Waals surface area contributed by atoms with Crippen LogP contribution in [0.1, 0.15) is 27.5 Å². The standard InChI is InChI=1S/C33H28FN5O2S/c1-22-7-5-12-27(17-22)39-33-30(31(37-39)24-8-3-2-4-9-24)32(25-10-6-11-26(34)18-25)42-21-29(41)38(33)20-28(40)36-19-23-13-15-35-16-14-23/h2-18,32H,19-21H2,1H3,(H,36,40). The first-order valence-corrected chi connectivity index (χ1v) is 14.6. The summed E-state index contributed by atoms with van der Waals surface area (Å²) in [4.78, 5) is 32.7. The first kappa shape index (κ1) is 27.4. The van der Waals surface area contributed by atoms with Crippen LogP contribution >= 0.6 is 11.8 Å². The van der Waals surface area contributed by atoms with Crippen molar-refractivity contribution < 1.29 is 14.0 Å². The Labute approximate surface area is 247 Å². The van der Waals surface area contributed by atoms with Crippen LogP contribution in [0, 0.1) is 12.7 Å². The molecule has 2 aromatic heterocycles. The van der Waals surface area contributed by atoms with E-state index in [-0.39, 0.29) is 29.9 Å². The second kappa shape index (κ2) is 12.0. The number of aryl methyl sites for hydroxylation is 1. The maximum Gasteiger partial charge on any atom is 0.240 e. The van der Waals surface area contributed by atoms with Gasteiger partial charge in [0.05, 0.1) is 22.4 Å². The van der Waals surface area contributed by atoms with E-state index in [0.29, 0.717) is 18.1 Å². The normalized spacial score (nSPS) is 14.8. The lowest BCUT2D eigenvalue weighted by atomic mass is 9.99. The molecule has 1 unspecified atom stereocenters. The number of amides is 2. The van der Waals surface area contributed by atoms with Gasteiger partial charge < -0.3 is 5.32 Å². The van der Waals surface area contributed by atoms with E-state index in [0.717, 1.165) is 33.5 Å². The highest BCUT2D eigenvalue weighted by atomic mass is 32.2. The molecule has 6 rings (SSSR count). The zero-order chi connectivity index (χ0) is 29.1. The van der Waals surface area contributed by atoms with Crippen LogP contribution in [-0.2, 0) is 16.1 Å². The number of halogens is 1. The fraction of sp³-hybridized carbons (Fsp3) is 0.152. The number of hydrogen-bond acceptors (Lipinski definition) is 5. The number of thioether (sulfide) groups is 1. The number of carbonyl (C=O) groups excluding carboxylic acids is 2. The van der Waals surface area contributed by atoms with Crippen molar-refractivity contribution in [1.82, 2.24) is 20.1 Å². The molecule has 0 aliphatic carbocycles. The Kier molecular flexibility index (Phi) is 7.83. The van der Waals surface area contributed by atoms with E-state index in [9.17, 15) is 14.0 Å². The lowest BCUT2D eigenvalue weighted by Crippen LogP contribution is -2.42. The smallest absolute Gasteiger partial charge is 0.240 e. The molecule has 2 amide bonds. The zero-order valence-electron chi connectivity index (χ0n) is 22.9. The van der Waals surface area contributed by atoms with Crippen LogP contribution in [0.4, 0.5) is 10.2 Å². The van der Waals surface area contributed by atoms with Crippen molar-refractivity contribution in [3.05, 3.63) is 131 Å². The molecular weight excluding hydrogens is 549 g/mol. The topological polar surface area (TPSA) is 80.1 Å². The third-order valence-electron chi connectivity index (χ3n) is 7.07. The summed E-state index contributed by atoms with van der Waals surface area (Å²) >= 11 is 1.41. The Morgan fingerprint density at radius 3 is 2.55 bits per heavy atom. The molecule has 0 radical (unpaired) electrons. The summed E-state index contributed by atoms with van der Waals surface area (Å²) in [5.41, 5.74) is 5.69. The number of nitrogens with zero attached hydrogens (tertiary/aromatic N) is 4. The largest absolute Gasteiger partial charge is 0.350 e. The SMILES string of the molecule is Cc1cccc(-n2nc(-c3ccccc3)c3c2N(CC(=O)NCc2ccncc2)C(=O)CSC3c2cccc(F)c2)c1. The van der Waals surface area contributed by atoms with Crippen LogP contribution in [0.15, 0.2) is 103 Å². The van der Waals surface area contributed by atoms with Gasteiger partial charge in [-0.05, 0) is 60.0 Å². The molecule has 0 spiro atoms. The molecule has 0 bridgehead atoms. The number of fused-ring (bicyclic) bond motifs is 1. The van der Waals surface area contributed by atoms with Gasteiger partial charge in [0, 0.05) is 30.1 Å². The fourth-order valence-corrected chi connectivity index (χ4v) is 6.29. The van der Waals surface area contributed by atoms with Crippen LogP contribution < -0.4 is 10.2 Å². The van der Waals surface area contributed by atoms with E-state index in [1.807, 2.05) is 79.7 Å². The van der Waals surface area contributed by atoms with Gasteiger partial charge in [-0.2, -0.15) is 5.10 Å². The second-order valence-corrected chi connectivity index (χ2v) is 11.2. The highest BCUT2D eigenvalue weighted by molar-refractivity contribution is 8.00. The summed E-state index contributed by atoms with van der Waals surface area (Å²) in [6.45, 7) is 2.10. The maximum absolute atomic E-state index is 14.5. The first-order chi connectivity index (χ1) is 20.5. The molecule has 1 atom stereocenters. The van der Waals surface area contributed by atoms with E-state index in [4.69, 9.17) is 5.10 Å². The van der Waals surface area contributed by atoms with Crippen LogP contribution in [0.3, 0.4) is 0 Å². The molecule has 1 N–H and O–H groups in total. The molecule has 3 heterocycles. The predicted octanol–water partition coefficient (Wildman–Crippen LogP) is 5.87. The highest BCUT2D eigenvalue weighted by Crippen LogP contribution is 2.48. The third kappa shape index (κ3) is 5.69. The van der Waals surface area contributed by atoms with Gasteiger partial charge in [-0.1, -0.05) is 54.6 Å². The summed E-state index contributed by atoms with van der Waals surface area (Å²) in [5.74, 6) is -0.283. The van der Waals surface area contributed by atoms with Crippen molar-refractivity contribution in [2.45, 2.75) is 18.7 Å². The van der Waals surface area contributed by atoms with Gasteiger partial charge in [-0.3, -0.25) is 19.5 Å². The van der Waals surface area contributed by atoms with E-state index < -0.39 is 5.25 Å². The minimum absolute atomic E-state index is 0.107. The van der Waals surface area contributed by atoms with E-state index in [1.54, 1.807) is 23.1 Å². The fourth-order valence-electron chi connectivity index (χ4n) is 5.10. The molecule has 42 heavy (non-hydrogen) atoms. The molecule has 0 fully saturated rings. The van der Waals surface area contributed by atoms with Crippen LogP contribution in [0.25, 0.3) is 16.9 Å². The Hall–Kier alpha value is -4.76. The number of nitrogens with one attached hydrogen (secondary N) is 1. The number of hydrogen-bond donors (Lipinski definition) is 1. The number of carbonyl (C=O) groups is 2. The molecular formula is C33H28FN5O2S. The predicted molar refractivity (Wildman–Crippen MR) is 163 cm³/mol. The summed E-state index contributed by atoms with van der Waals surface area (Å²) in [5, 5.41) is 7.60. The minimum Gasteiger partial charge on any atom is -0.350 e. The van der Waals surface area contributed by atoms with Gasteiger partial charge >= 0.3 is 0 Å². The average Bonchev–Trinajstić information content (AvgIpc) is 3.33. The Balaban J connectivity index is 1.52. The minimum atomic E-state index is -0.404. The molecule has 5 aromatic rings. The van der Waals surface area contributed by atoms with Gasteiger partial charge in [0.2, 0.25) is 11.8 Å². The summed E-state index contributed by atoms with van der Waals surface area (Å²) in [6, 6.07) is 27.7. The van der Waals surface area contributed by atoms with Crippen molar-refractivity contribution in [2.75, 3.05) is 17.2 Å². The number of rotatable bonds is 7. The molecule has 1 aliphatic rings. The Bertz CT molecular complexity index is 1740. The molecule has 0 saturated heterocycles. The van der Waals surface area contributed by atoms with Crippen molar-refractivity contribution in [3.8, 4) is 16.9 Å². The number of benzene rings is 3. The quantitative estimate of drug-likeness (QED) is 0.262. The summed E-state index contributed by atoms with van der Waals surface area (Å²) < 4.78 is 16.3. The average molecular weight is 578 g/mol. The van der Waals surface area contributed by atoms with Gasteiger partial charge in [0.15, 0.2) is 0 Å². The number of anilines is 1. The van der Waals surface area contributed by atoms with E-state index >= 15 is 0 Å².